The van der Waals surface area contributed by atoms with Gasteiger partial charge in [0.1, 0.15) is 11.6 Å². The first-order valence-electron chi connectivity index (χ1n) is 5.40. The summed E-state index contributed by atoms with van der Waals surface area (Å²) >= 11 is 0. The van der Waals surface area contributed by atoms with Gasteiger partial charge in [0, 0.05) is 11.5 Å². The lowest BCUT2D eigenvalue weighted by atomic mass is 10.0. The summed E-state index contributed by atoms with van der Waals surface area (Å²) in [4.78, 5) is 23.2. The van der Waals surface area contributed by atoms with Crippen molar-refractivity contribution in [2.24, 2.45) is 5.92 Å². The second-order valence-corrected chi connectivity index (χ2v) is 4.30. The second-order valence-electron chi connectivity index (χ2n) is 4.30. The third kappa shape index (κ3) is 2.35. The first kappa shape index (κ1) is 11.0. The number of aryl methyl sites for hydroxylation is 1. The fourth-order valence-electron chi connectivity index (χ4n) is 1.63. The van der Waals surface area contributed by atoms with E-state index in [1.54, 1.807) is 6.92 Å². The summed E-state index contributed by atoms with van der Waals surface area (Å²) in [7, 11) is 0. The lowest BCUT2D eigenvalue weighted by Crippen LogP contribution is -2.10. The second kappa shape index (κ2) is 4.16. The van der Waals surface area contributed by atoms with Crippen LogP contribution in [0, 0.1) is 18.7 Å². The van der Waals surface area contributed by atoms with Gasteiger partial charge in [-0.05, 0) is 43.5 Å². The fraction of sp³-hybridized carbons (Fsp3) is 0.385. The van der Waals surface area contributed by atoms with E-state index in [9.17, 15) is 14.0 Å². The first-order valence-corrected chi connectivity index (χ1v) is 5.40. The minimum absolute atomic E-state index is 0.0204. The Morgan fingerprint density at radius 1 is 1.38 bits per heavy atom. The van der Waals surface area contributed by atoms with E-state index in [1.807, 2.05) is 0 Å². The highest BCUT2D eigenvalue weighted by molar-refractivity contribution is 6.09. The molecule has 0 saturated heterocycles. The standard InChI is InChI=1S/C13H13FO2/c1-8-6-10(4-5-11(8)14)13(16)7-12(15)9-2-3-9/h4-6,9H,2-3,7H2,1H3. The average molecular weight is 220 g/mol. The molecule has 0 amide bonds. The molecule has 0 radical (unpaired) electrons. The smallest absolute Gasteiger partial charge is 0.170 e. The van der Waals surface area contributed by atoms with Gasteiger partial charge in [0.25, 0.3) is 0 Å². The average Bonchev–Trinajstić information content (AvgIpc) is 3.05. The molecule has 2 rings (SSSR count). The van der Waals surface area contributed by atoms with Crippen molar-refractivity contribution in [2.45, 2.75) is 26.2 Å². The van der Waals surface area contributed by atoms with Crippen LogP contribution in [-0.4, -0.2) is 11.6 Å². The molecule has 3 heteroatoms. The molecule has 1 aliphatic carbocycles. The summed E-state index contributed by atoms with van der Waals surface area (Å²) in [6.07, 6.45) is 1.78. The first-order chi connectivity index (χ1) is 7.58. The van der Waals surface area contributed by atoms with Crippen molar-refractivity contribution in [1.29, 1.82) is 0 Å². The molecule has 0 aromatic heterocycles. The molecule has 0 spiro atoms. The molecule has 2 nitrogen and oxygen atoms in total. The maximum Gasteiger partial charge on any atom is 0.170 e. The molecule has 0 heterocycles. The van der Waals surface area contributed by atoms with E-state index < -0.39 is 0 Å². The molecular formula is C13H13FO2. The predicted octanol–water partition coefficient (Wildman–Crippen LogP) is 2.69. The van der Waals surface area contributed by atoms with E-state index in [-0.39, 0.29) is 29.7 Å². The number of carbonyl (C=O) groups excluding carboxylic acids is 2. The van der Waals surface area contributed by atoms with E-state index in [0.29, 0.717) is 11.1 Å². The Balaban J connectivity index is 2.08. The number of ketones is 2. The molecule has 1 fully saturated rings. The van der Waals surface area contributed by atoms with Crippen LogP contribution in [0.5, 0.6) is 0 Å². The Kier molecular flexibility index (Phi) is 2.86. The van der Waals surface area contributed by atoms with Crippen LogP contribution in [0.2, 0.25) is 0 Å². The maximum absolute atomic E-state index is 13.0. The topological polar surface area (TPSA) is 34.1 Å². The third-order valence-electron chi connectivity index (χ3n) is 2.85. The van der Waals surface area contributed by atoms with E-state index in [1.165, 1.54) is 18.2 Å². The van der Waals surface area contributed by atoms with Crippen LogP contribution in [0.15, 0.2) is 18.2 Å². The SMILES string of the molecule is Cc1cc(C(=O)CC(=O)C2CC2)ccc1F. The highest BCUT2D eigenvalue weighted by Gasteiger charge is 2.30. The zero-order chi connectivity index (χ0) is 11.7. The van der Waals surface area contributed by atoms with Gasteiger partial charge in [0.05, 0.1) is 6.42 Å². The van der Waals surface area contributed by atoms with Crippen molar-refractivity contribution >= 4 is 11.6 Å². The number of benzene rings is 1. The van der Waals surface area contributed by atoms with E-state index in [2.05, 4.69) is 0 Å². The quantitative estimate of drug-likeness (QED) is 0.577. The predicted molar refractivity (Wildman–Crippen MR) is 57.8 cm³/mol. The molecule has 1 saturated carbocycles. The van der Waals surface area contributed by atoms with Crippen molar-refractivity contribution in [2.75, 3.05) is 0 Å². The number of halogens is 1. The van der Waals surface area contributed by atoms with Gasteiger partial charge in [-0.3, -0.25) is 9.59 Å². The highest BCUT2D eigenvalue weighted by Crippen LogP contribution is 2.31. The summed E-state index contributed by atoms with van der Waals surface area (Å²) in [5.41, 5.74) is 0.859. The van der Waals surface area contributed by atoms with Gasteiger partial charge in [-0.1, -0.05) is 0 Å². The van der Waals surface area contributed by atoms with Gasteiger partial charge in [0.15, 0.2) is 5.78 Å². The fourth-order valence-corrected chi connectivity index (χ4v) is 1.63. The minimum atomic E-state index is -0.329. The Bertz CT molecular complexity index is 447. The molecule has 0 unspecified atom stereocenters. The maximum atomic E-state index is 13.0. The minimum Gasteiger partial charge on any atom is -0.299 e. The monoisotopic (exact) mass is 220 g/mol. The Labute approximate surface area is 93.5 Å². The molecule has 0 atom stereocenters. The van der Waals surface area contributed by atoms with Crippen molar-refractivity contribution in [3.05, 3.63) is 35.1 Å². The van der Waals surface area contributed by atoms with Crippen LogP contribution < -0.4 is 0 Å². The zero-order valence-corrected chi connectivity index (χ0v) is 9.13. The molecule has 84 valence electrons. The van der Waals surface area contributed by atoms with Gasteiger partial charge in [-0.15, -0.1) is 0 Å². The van der Waals surface area contributed by atoms with Gasteiger partial charge >= 0.3 is 0 Å². The normalized spacial score (nSPS) is 14.9. The Morgan fingerprint density at radius 2 is 2.06 bits per heavy atom. The summed E-state index contributed by atoms with van der Waals surface area (Å²) in [5.74, 6) is -0.414. The Morgan fingerprint density at radius 3 is 2.62 bits per heavy atom. The van der Waals surface area contributed by atoms with Crippen LogP contribution in [0.3, 0.4) is 0 Å². The zero-order valence-electron chi connectivity index (χ0n) is 9.13. The highest BCUT2D eigenvalue weighted by atomic mass is 19.1. The summed E-state index contributed by atoms with van der Waals surface area (Å²) in [6, 6.07) is 4.20. The van der Waals surface area contributed by atoms with Crippen molar-refractivity contribution in [3.63, 3.8) is 0 Å². The molecule has 1 aromatic carbocycles. The number of hydrogen-bond donors (Lipinski definition) is 0. The number of Topliss-reactive ketones (excluding diaryl/α,β-unsaturated/α-hetero) is 2. The largest absolute Gasteiger partial charge is 0.299 e. The van der Waals surface area contributed by atoms with Gasteiger partial charge in [-0.2, -0.15) is 0 Å². The molecule has 0 N–H and O–H groups in total. The van der Waals surface area contributed by atoms with Gasteiger partial charge in [0.2, 0.25) is 0 Å². The Hall–Kier alpha value is -1.51. The molecule has 16 heavy (non-hydrogen) atoms. The molecular weight excluding hydrogens is 207 g/mol. The van der Waals surface area contributed by atoms with Crippen LogP contribution in [-0.2, 0) is 4.79 Å². The number of carbonyl (C=O) groups is 2. The van der Waals surface area contributed by atoms with E-state index >= 15 is 0 Å². The molecule has 0 aliphatic heterocycles. The van der Waals surface area contributed by atoms with Crippen molar-refractivity contribution < 1.29 is 14.0 Å². The lowest BCUT2D eigenvalue weighted by Gasteiger charge is -2.02. The van der Waals surface area contributed by atoms with Crippen LogP contribution in [0.25, 0.3) is 0 Å². The van der Waals surface area contributed by atoms with Crippen LogP contribution in [0.4, 0.5) is 4.39 Å². The van der Waals surface area contributed by atoms with Crippen molar-refractivity contribution in [1.82, 2.24) is 0 Å². The van der Waals surface area contributed by atoms with Gasteiger partial charge in [-0.25, -0.2) is 4.39 Å². The summed E-state index contributed by atoms with van der Waals surface area (Å²) in [6.45, 7) is 1.61. The number of hydrogen-bond acceptors (Lipinski definition) is 2. The molecule has 1 aliphatic rings. The summed E-state index contributed by atoms with van der Waals surface area (Å²) < 4.78 is 13.0. The summed E-state index contributed by atoms with van der Waals surface area (Å²) in [5, 5.41) is 0. The molecule has 0 bridgehead atoms. The van der Waals surface area contributed by atoms with E-state index in [0.717, 1.165) is 12.8 Å². The van der Waals surface area contributed by atoms with E-state index in [4.69, 9.17) is 0 Å². The van der Waals surface area contributed by atoms with Crippen molar-refractivity contribution in [3.8, 4) is 0 Å². The lowest BCUT2D eigenvalue weighted by molar-refractivity contribution is -0.119. The van der Waals surface area contributed by atoms with Gasteiger partial charge < -0.3 is 0 Å². The third-order valence-corrected chi connectivity index (χ3v) is 2.85. The van der Waals surface area contributed by atoms with Crippen LogP contribution in [0.1, 0.15) is 35.2 Å². The molecule has 1 aromatic rings. The van der Waals surface area contributed by atoms with Crippen LogP contribution >= 0.6 is 0 Å². The number of rotatable bonds is 4.